The monoisotopic (exact) mass is 273 g/mol. The molecular weight excluding hydrogens is 258 g/mol. The van der Waals surface area contributed by atoms with Crippen molar-refractivity contribution in [2.24, 2.45) is 10.9 Å². The number of oxime groups is 1. The maximum Gasteiger partial charge on any atom is 0.195 e. The average molecular weight is 273 g/mol. The van der Waals surface area contributed by atoms with Gasteiger partial charge in [0, 0.05) is 18.8 Å². The number of ether oxygens (including phenoxy) is 1. The van der Waals surface area contributed by atoms with Gasteiger partial charge in [-0.05, 0) is 17.4 Å². The zero-order valence-corrected chi connectivity index (χ0v) is 10.8. The van der Waals surface area contributed by atoms with E-state index in [2.05, 4.69) is 32.0 Å². The smallest absolute Gasteiger partial charge is 0.195 e. The highest BCUT2D eigenvalue weighted by Gasteiger charge is 2.21. The Kier molecular flexibility index (Phi) is 4.39. The van der Waals surface area contributed by atoms with E-state index in [1.165, 1.54) is 11.8 Å². The van der Waals surface area contributed by atoms with Crippen LogP contribution in [-0.2, 0) is 4.74 Å². The number of rotatable bonds is 4. The maximum absolute atomic E-state index is 8.60. The lowest BCUT2D eigenvalue weighted by Gasteiger charge is -2.29. The molecule has 9 heteroatoms. The molecule has 1 saturated heterocycles. The summed E-state index contributed by atoms with van der Waals surface area (Å²) in [5.74, 6) is 0.602. The molecule has 0 spiro atoms. The van der Waals surface area contributed by atoms with Crippen LogP contribution in [0.4, 0.5) is 0 Å². The summed E-state index contributed by atoms with van der Waals surface area (Å²) < 4.78 is 10.2. The van der Waals surface area contributed by atoms with Gasteiger partial charge in [0.05, 0.1) is 12.7 Å². The summed E-state index contributed by atoms with van der Waals surface area (Å²) in [6.07, 6.45) is 0.130. The fraction of sp³-hybridized carbons (Fsp3) is 0.667. The van der Waals surface area contributed by atoms with Gasteiger partial charge in [0.2, 0.25) is 0 Å². The minimum atomic E-state index is -0.111. The Hall–Kier alpha value is -1.32. The molecule has 1 fully saturated rings. The van der Waals surface area contributed by atoms with Crippen LogP contribution >= 0.6 is 11.8 Å². The van der Waals surface area contributed by atoms with Crippen LogP contribution in [0.1, 0.15) is 5.69 Å². The van der Waals surface area contributed by atoms with Gasteiger partial charge in [0.25, 0.3) is 0 Å². The lowest BCUT2D eigenvalue weighted by atomic mass is 10.3. The Bertz CT molecular complexity index is 424. The summed E-state index contributed by atoms with van der Waals surface area (Å²) >= 11 is 1.41. The molecule has 0 bridgehead atoms. The third-order valence-corrected chi connectivity index (χ3v) is 3.64. The standard InChI is InChI=1S/C9H15N5O3S/c1-14-2-3-16-6(4-14)5-18-9-7(8(10)11-15)12-17-13-9/h6,15H,2-5H2,1H3,(H2,10,11). The number of amidine groups is 1. The van der Waals surface area contributed by atoms with Crippen LogP contribution in [0, 0.1) is 0 Å². The summed E-state index contributed by atoms with van der Waals surface area (Å²) in [4.78, 5) is 2.21. The van der Waals surface area contributed by atoms with Crippen LogP contribution in [0.3, 0.4) is 0 Å². The van der Waals surface area contributed by atoms with Crippen molar-refractivity contribution in [2.45, 2.75) is 11.1 Å². The number of hydrogen-bond donors (Lipinski definition) is 2. The summed E-state index contributed by atoms with van der Waals surface area (Å²) in [7, 11) is 2.06. The quantitative estimate of drug-likeness (QED) is 0.250. The fourth-order valence-electron chi connectivity index (χ4n) is 1.62. The van der Waals surface area contributed by atoms with Gasteiger partial charge in [-0.3, -0.25) is 0 Å². The number of aromatic nitrogens is 2. The van der Waals surface area contributed by atoms with E-state index in [9.17, 15) is 0 Å². The predicted octanol–water partition coefficient (Wildman–Crippen LogP) is -0.413. The summed E-state index contributed by atoms with van der Waals surface area (Å²) in [5.41, 5.74) is 5.71. The zero-order valence-electron chi connectivity index (χ0n) is 9.94. The largest absolute Gasteiger partial charge is 0.409 e. The minimum Gasteiger partial charge on any atom is -0.409 e. The van der Waals surface area contributed by atoms with Gasteiger partial charge in [-0.2, -0.15) is 0 Å². The van der Waals surface area contributed by atoms with Gasteiger partial charge in [0.1, 0.15) is 0 Å². The third-order valence-electron chi connectivity index (χ3n) is 2.56. The number of likely N-dealkylation sites (N-methyl/N-ethyl adjacent to an activating group) is 1. The Balaban J connectivity index is 1.92. The van der Waals surface area contributed by atoms with E-state index in [1.807, 2.05) is 0 Å². The van der Waals surface area contributed by atoms with Crippen molar-refractivity contribution in [1.29, 1.82) is 0 Å². The second kappa shape index (κ2) is 6.03. The van der Waals surface area contributed by atoms with E-state index < -0.39 is 0 Å². The maximum atomic E-state index is 8.60. The lowest BCUT2D eigenvalue weighted by Crippen LogP contribution is -2.41. The van der Waals surface area contributed by atoms with Crippen LogP contribution in [0.25, 0.3) is 0 Å². The van der Waals surface area contributed by atoms with E-state index >= 15 is 0 Å². The fourth-order valence-corrected chi connectivity index (χ4v) is 2.53. The molecular formula is C9H15N5O3S. The van der Waals surface area contributed by atoms with Crippen LogP contribution in [-0.4, -0.2) is 64.9 Å². The second-order valence-corrected chi connectivity index (χ2v) is 4.98. The first-order valence-corrected chi connectivity index (χ1v) is 6.42. The zero-order chi connectivity index (χ0) is 13.0. The van der Waals surface area contributed by atoms with E-state index in [1.54, 1.807) is 0 Å². The Morgan fingerprint density at radius 3 is 3.22 bits per heavy atom. The number of nitrogens with zero attached hydrogens (tertiary/aromatic N) is 4. The first kappa shape index (κ1) is 13.1. The van der Waals surface area contributed by atoms with Gasteiger partial charge < -0.3 is 20.6 Å². The minimum absolute atomic E-state index is 0.111. The van der Waals surface area contributed by atoms with E-state index in [-0.39, 0.29) is 17.6 Å². The molecule has 1 aliphatic rings. The van der Waals surface area contributed by atoms with Crippen LogP contribution in [0.5, 0.6) is 0 Å². The normalized spacial score (nSPS) is 22.3. The summed E-state index contributed by atoms with van der Waals surface area (Å²) in [6, 6.07) is 0. The van der Waals surface area contributed by atoms with Crippen molar-refractivity contribution in [3.05, 3.63) is 5.69 Å². The van der Waals surface area contributed by atoms with E-state index in [4.69, 9.17) is 15.7 Å². The second-order valence-electron chi connectivity index (χ2n) is 3.97. The third kappa shape index (κ3) is 3.12. The highest BCUT2D eigenvalue weighted by atomic mass is 32.2. The predicted molar refractivity (Wildman–Crippen MR) is 64.8 cm³/mol. The Morgan fingerprint density at radius 1 is 1.67 bits per heavy atom. The van der Waals surface area contributed by atoms with Crippen molar-refractivity contribution in [3.63, 3.8) is 0 Å². The van der Waals surface area contributed by atoms with E-state index in [0.717, 1.165) is 19.7 Å². The molecule has 2 rings (SSSR count). The highest BCUT2D eigenvalue weighted by molar-refractivity contribution is 7.99. The molecule has 0 aliphatic carbocycles. The number of morpholine rings is 1. The van der Waals surface area contributed by atoms with Crippen LogP contribution < -0.4 is 5.73 Å². The van der Waals surface area contributed by atoms with Gasteiger partial charge >= 0.3 is 0 Å². The number of nitrogens with two attached hydrogens (primary N) is 1. The van der Waals surface area contributed by atoms with Gasteiger partial charge in [0.15, 0.2) is 16.6 Å². The molecule has 0 saturated carbocycles. The molecule has 0 aromatic carbocycles. The Labute approximate surface area is 108 Å². The molecule has 1 aliphatic heterocycles. The van der Waals surface area contributed by atoms with Crippen molar-refractivity contribution in [2.75, 3.05) is 32.5 Å². The molecule has 1 atom stereocenters. The highest BCUT2D eigenvalue weighted by Crippen LogP contribution is 2.21. The molecule has 0 amide bonds. The van der Waals surface area contributed by atoms with Gasteiger partial charge in [-0.15, -0.1) is 0 Å². The summed E-state index contributed by atoms with van der Waals surface area (Å²) in [6.45, 7) is 2.55. The molecule has 2 heterocycles. The van der Waals surface area contributed by atoms with Crippen molar-refractivity contribution < 1.29 is 14.6 Å². The Morgan fingerprint density at radius 2 is 2.50 bits per heavy atom. The molecule has 8 nitrogen and oxygen atoms in total. The van der Waals surface area contributed by atoms with Gasteiger partial charge in [-0.25, -0.2) is 4.63 Å². The van der Waals surface area contributed by atoms with Gasteiger partial charge in [-0.1, -0.05) is 16.9 Å². The SMILES string of the molecule is CN1CCOC(CSc2nonc2/C(N)=N/O)C1. The first-order valence-electron chi connectivity index (χ1n) is 5.44. The van der Waals surface area contributed by atoms with Crippen molar-refractivity contribution >= 4 is 17.6 Å². The van der Waals surface area contributed by atoms with Crippen molar-refractivity contribution in [3.8, 4) is 0 Å². The topological polar surface area (TPSA) is 110 Å². The lowest BCUT2D eigenvalue weighted by molar-refractivity contribution is -0.00600. The molecule has 0 radical (unpaired) electrons. The molecule has 1 unspecified atom stereocenters. The molecule has 100 valence electrons. The number of hydrogen-bond acceptors (Lipinski definition) is 8. The van der Waals surface area contributed by atoms with Crippen LogP contribution in [0.15, 0.2) is 14.8 Å². The molecule has 1 aromatic heterocycles. The first-order chi connectivity index (χ1) is 8.70. The molecule has 1 aromatic rings. The molecule has 18 heavy (non-hydrogen) atoms. The summed E-state index contributed by atoms with van der Waals surface area (Å²) in [5, 5.41) is 19.3. The number of thioether (sulfide) groups is 1. The average Bonchev–Trinajstić information content (AvgIpc) is 2.84. The molecule has 3 N–H and O–H groups in total. The van der Waals surface area contributed by atoms with Crippen molar-refractivity contribution in [1.82, 2.24) is 15.2 Å². The van der Waals surface area contributed by atoms with Crippen LogP contribution in [0.2, 0.25) is 0 Å². The van der Waals surface area contributed by atoms with E-state index in [0.29, 0.717) is 10.8 Å².